The number of hydrogen-bond donors (Lipinski definition) is 25. The first-order chi connectivity index (χ1) is 45.5. The first kappa shape index (κ1) is 131. The summed E-state index contributed by atoms with van der Waals surface area (Å²) in [6.07, 6.45) is 9.23. The molecule has 0 aromatic heterocycles. The summed E-state index contributed by atoms with van der Waals surface area (Å²) >= 11 is 0. The van der Waals surface area contributed by atoms with Gasteiger partial charge in [0.25, 0.3) is 0 Å². The Kier molecular flexibility index (Phi) is 139. The fourth-order valence-electron chi connectivity index (χ4n) is 5.77. The van der Waals surface area contributed by atoms with Gasteiger partial charge in [-0.25, -0.2) is 0 Å². The Hall–Kier alpha value is -1.00. The summed E-state index contributed by atoms with van der Waals surface area (Å²) in [6, 6.07) is 0. The third-order valence-corrected chi connectivity index (χ3v) is 13.7. The van der Waals surface area contributed by atoms with Crippen LogP contribution in [0.1, 0.15) is 269 Å². The maximum Gasteiger partial charge on any atom is 0.110 e. The van der Waals surface area contributed by atoms with E-state index in [-0.39, 0.29) is 96.0 Å². The lowest BCUT2D eigenvalue weighted by Gasteiger charge is -2.24. The Morgan fingerprint density at radius 3 is 0.788 bits per heavy atom. The molecular weight excluding hydrogens is 1290 g/mol. The van der Waals surface area contributed by atoms with Gasteiger partial charge in [-0.1, -0.05) is 150 Å². The van der Waals surface area contributed by atoms with E-state index in [9.17, 15) is 0 Å². The van der Waals surface area contributed by atoms with Crippen LogP contribution in [0, 0.1) is 53.3 Å². The van der Waals surface area contributed by atoms with Gasteiger partial charge < -0.3 is 128 Å². The lowest BCUT2D eigenvalue weighted by Crippen LogP contribution is -2.44. The van der Waals surface area contributed by atoms with Crippen molar-refractivity contribution in [3.05, 3.63) is 0 Å². The van der Waals surface area contributed by atoms with Crippen molar-refractivity contribution in [2.45, 2.75) is 342 Å². The van der Waals surface area contributed by atoms with E-state index in [1.807, 2.05) is 83.1 Å². The molecule has 25 N–H and O–H groups in total. The molecule has 0 aromatic rings. The highest BCUT2D eigenvalue weighted by Crippen LogP contribution is 2.29. The van der Waals surface area contributed by atoms with Crippen molar-refractivity contribution in [3.63, 3.8) is 0 Å². The van der Waals surface area contributed by atoms with Crippen molar-refractivity contribution in [1.29, 1.82) is 0 Å². The minimum absolute atomic E-state index is 0. The molecular formula is C74H176O25. The van der Waals surface area contributed by atoms with Crippen molar-refractivity contribution in [2.24, 2.45) is 53.3 Å². The van der Waals surface area contributed by atoms with Gasteiger partial charge >= 0.3 is 0 Å². The Bertz CT molecular complexity index is 1190. The third-order valence-electron chi connectivity index (χ3n) is 13.7. The molecule has 25 nitrogen and oxygen atoms in total. The average Bonchev–Trinajstić information content (AvgIpc) is 3.24. The lowest BCUT2D eigenvalue weighted by molar-refractivity contribution is -0.110. The molecule has 622 valence electrons. The average molecular weight is 1470 g/mol. The Labute approximate surface area is 606 Å². The van der Waals surface area contributed by atoms with Crippen molar-refractivity contribution in [2.75, 3.05) is 85.9 Å². The van der Waals surface area contributed by atoms with Crippen molar-refractivity contribution >= 4 is 0 Å². The van der Waals surface area contributed by atoms with Gasteiger partial charge in [0.1, 0.15) is 18.3 Å². The third kappa shape index (κ3) is 148. The Balaban J connectivity index is -0.0000000656. The SMILES string of the molecule is C.CC(C)CO.CC(C)CO.CC(C)O.CC(CO)C(O)CO.CC(CO)CCO.CC(O)C(O)C(O)C(O)CO.CC(O)CO.CC1CCC(CO)C1.CC1CCCC(CO)C1.CCC(C)CO.CCC(C)O.CCC(O)CC.CCC(O)CCO.CCC(O)CO.CCCC(C)O. The van der Waals surface area contributed by atoms with Crippen LogP contribution in [-0.2, 0) is 0 Å². The summed E-state index contributed by atoms with van der Waals surface area (Å²) in [4.78, 5) is 0. The van der Waals surface area contributed by atoms with Gasteiger partial charge in [-0.05, 0) is 166 Å². The van der Waals surface area contributed by atoms with E-state index in [1.165, 1.54) is 58.8 Å². The predicted molar refractivity (Wildman–Crippen MR) is 406 cm³/mol. The van der Waals surface area contributed by atoms with E-state index in [0.717, 1.165) is 56.8 Å². The lowest BCUT2D eigenvalue weighted by atomic mass is 9.83. The molecule has 17 unspecified atom stereocenters. The van der Waals surface area contributed by atoms with Crippen LogP contribution in [-0.4, -0.2) is 287 Å². The molecule has 2 rings (SSSR count). The fourth-order valence-corrected chi connectivity index (χ4v) is 5.77. The second kappa shape index (κ2) is 106. The van der Waals surface area contributed by atoms with E-state index in [2.05, 4.69) is 27.7 Å². The highest BCUT2D eigenvalue weighted by atomic mass is 16.4. The first-order valence-corrected chi connectivity index (χ1v) is 36.6. The van der Waals surface area contributed by atoms with Gasteiger partial charge in [-0.15, -0.1) is 0 Å². The normalized spacial score (nSPS) is 18.5. The van der Waals surface area contributed by atoms with Gasteiger partial charge in [0, 0.05) is 71.5 Å². The molecule has 0 aromatic carbocycles. The molecule has 25 heteroatoms. The minimum atomic E-state index is -1.51. The monoisotopic (exact) mass is 1470 g/mol. The molecule has 0 radical (unpaired) electrons. The summed E-state index contributed by atoms with van der Waals surface area (Å²) in [7, 11) is 0. The molecule has 0 heterocycles. The summed E-state index contributed by atoms with van der Waals surface area (Å²) < 4.78 is 0. The van der Waals surface area contributed by atoms with Crippen LogP contribution in [0.4, 0.5) is 0 Å². The largest absolute Gasteiger partial charge is 0.396 e. The Morgan fingerprint density at radius 2 is 0.677 bits per heavy atom. The molecule has 2 aliphatic carbocycles. The van der Waals surface area contributed by atoms with E-state index >= 15 is 0 Å². The zero-order valence-corrected chi connectivity index (χ0v) is 66.5. The van der Waals surface area contributed by atoms with Crippen LogP contribution in [0.2, 0.25) is 0 Å². The van der Waals surface area contributed by atoms with E-state index in [1.54, 1.807) is 27.7 Å². The zero-order chi connectivity index (χ0) is 80.3. The standard InChI is InChI=1S/C8H16O.C7H14O.C6H14O5.C5H12O3.2C5H12O2.3C5H12O.C4H10O2.3C4H10O.C3H8O2.C3H8O.CH4/c1-7-3-2-4-8(5-7)6-9;1-6-2-3-7(4-6)5-8;1-3(8)5(10)6(11)4(9)2-7;1-4(2-6)5(8)3-7;1-5(4-7)2-3-6;1-2-5(7)3-4-6;1-3-5(2)4-6;1-3-4-5(2)6;1-3-5(6)4-2;1-2-4(6)3-5;2*1-4(2)3-5;1-3-4(2)5;1-3(5)2-4;1-3(2)4;/h7-9H,2-6H2,1H3;6-8H,2-5H2,1H3;3-11H,2H2,1H3;4-8H,2-3H2,1H3;2*5-7H,2-4H2,1H3;3*5-6H,3-4H2,1-2H3;4-6H,2-3H2,1H3;3*4-5H,3H2,1-2H3;3-5H,2H2,1H3;3-4H,1-2H3;1H4. The number of rotatable bonds is 27. The molecule has 0 spiro atoms. The molecule has 2 aliphatic rings. The maximum atomic E-state index is 8.94. The second-order valence-electron chi connectivity index (χ2n) is 26.6. The van der Waals surface area contributed by atoms with E-state index in [4.69, 9.17) is 128 Å². The topological polar surface area (TPSA) is 506 Å². The highest BCUT2D eigenvalue weighted by Gasteiger charge is 2.27. The van der Waals surface area contributed by atoms with Crippen LogP contribution in [0.3, 0.4) is 0 Å². The van der Waals surface area contributed by atoms with Crippen molar-refractivity contribution < 1.29 is 128 Å². The molecule has 0 aliphatic heterocycles. The summed E-state index contributed by atoms with van der Waals surface area (Å²) in [5, 5.41) is 211. The Morgan fingerprint density at radius 1 is 0.323 bits per heavy atom. The number of aliphatic hydroxyl groups is 25. The fraction of sp³-hybridized carbons (Fsp3) is 1.00. The number of hydrogen-bond acceptors (Lipinski definition) is 25. The van der Waals surface area contributed by atoms with E-state index < -0.39 is 49.3 Å². The zero-order valence-electron chi connectivity index (χ0n) is 66.5. The van der Waals surface area contributed by atoms with Crippen LogP contribution in [0.5, 0.6) is 0 Å². The quantitative estimate of drug-likeness (QED) is 0.0495. The summed E-state index contributed by atoms with van der Waals surface area (Å²) in [6.45, 7) is 42.6. The predicted octanol–water partition coefficient (Wildman–Crippen LogP) is 5.31. The summed E-state index contributed by atoms with van der Waals surface area (Å²) in [5.74, 6) is 4.38. The van der Waals surface area contributed by atoms with Crippen LogP contribution in [0.15, 0.2) is 0 Å². The molecule has 0 amide bonds. The van der Waals surface area contributed by atoms with Gasteiger partial charge in [0.2, 0.25) is 0 Å². The molecule has 2 saturated carbocycles. The van der Waals surface area contributed by atoms with Gasteiger partial charge in [0.05, 0.1) is 75.3 Å². The summed E-state index contributed by atoms with van der Waals surface area (Å²) in [5.41, 5.74) is 0. The second-order valence-corrected chi connectivity index (χ2v) is 26.6. The smallest absolute Gasteiger partial charge is 0.110 e. The highest BCUT2D eigenvalue weighted by molar-refractivity contribution is 4.78. The maximum absolute atomic E-state index is 8.94. The minimum Gasteiger partial charge on any atom is -0.396 e. The van der Waals surface area contributed by atoms with Gasteiger partial charge in [-0.2, -0.15) is 0 Å². The first-order valence-electron chi connectivity index (χ1n) is 36.6. The van der Waals surface area contributed by atoms with Gasteiger partial charge in [-0.3, -0.25) is 0 Å². The van der Waals surface area contributed by atoms with Crippen LogP contribution in [0.25, 0.3) is 0 Å². The molecule has 99 heavy (non-hydrogen) atoms. The van der Waals surface area contributed by atoms with Crippen molar-refractivity contribution in [1.82, 2.24) is 0 Å². The molecule has 0 saturated heterocycles. The van der Waals surface area contributed by atoms with E-state index in [0.29, 0.717) is 81.9 Å². The van der Waals surface area contributed by atoms with Crippen LogP contribution >= 0.6 is 0 Å². The molecule has 0 bridgehead atoms. The van der Waals surface area contributed by atoms with Gasteiger partial charge in [0.15, 0.2) is 0 Å². The molecule has 2 fully saturated rings. The molecule has 17 atom stereocenters. The van der Waals surface area contributed by atoms with Crippen molar-refractivity contribution in [3.8, 4) is 0 Å². The number of aliphatic hydroxyl groups excluding tert-OH is 25. The van der Waals surface area contributed by atoms with Crippen LogP contribution < -0.4 is 0 Å².